The van der Waals surface area contributed by atoms with Gasteiger partial charge in [0, 0.05) is 19.0 Å². The van der Waals surface area contributed by atoms with E-state index in [1.807, 2.05) is 6.92 Å². The lowest BCUT2D eigenvalue weighted by atomic mass is 10.0. The number of nitrogens with one attached hydrogen (secondary N) is 1. The molecule has 1 rings (SSSR count). The Balaban J connectivity index is 2.35. The fourth-order valence-electron chi connectivity index (χ4n) is 1.91. The Bertz CT molecular complexity index is 336. The molecule has 1 heterocycles. The highest BCUT2D eigenvalue weighted by molar-refractivity contribution is 7.91. The first-order valence-electron chi connectivity index (χ1n) is 5.66. The van der Waals surface area contributed by atoms with Crippen LogP contribution in [0, 0.1) is 5.92 Å². The fourth-order valence-corrected chi connectivity index (χ4v) is 3.77. The van der Waals surface area contributed by atoms with Crippen molar-refractivity contribution in [2.24, 2.45) is 11.7 Å². The summed E-state index contributed by atoms with van der Waals surface area (Å²) in [5, 5.41) is 2.81. The lowest BCUT2D eigenvalue weighted by Crippen LogP contribution is -2.40. The number of amides is 1. The summed E-state index contributed by atoms with van der Waals surface area (Å²) in [5.74, 6) is 0.276. The Morgan fingerprint density at radius 3 is 2.69 bits per heavy atom. The zero-order valence-electron chi connectivity index (χ0n) is 9.61. The van der Waals surface area contributed by atoms with Gasteiger partial charge < -0.3 is 11.1 Å². The molecule has 0 aliphatic carbocycles. The number of sulfone groups is 1. The van der Waals surface area contributed by atoms with Crippen molar-refractivity contribution >= 4 is 15.7 Å². The summed E-state index contributed by atoms with van der Waals surface area (Å²) in [7, 11) is -2.89. The van der Waals surface area contributed by atoms with Crippen molar-refractivity contribution < 1.29 is 13.2 Å². The first-order chi connectivity index (χ1) is 7.46. The van der Waals surface area contributed by atoms with Crippen molar-refractivity contribution in [3.8, 4) is 0 Å². The van der Waals surface area contributed by atoms with Gasteiger partial charge in [-0.2, -0.15) is 0 Å². The molecule has 0 aromatic heterocycles. The summed E-state index contributed by atoms with van der Waals surface area (Å²) in [5.41, 5.74) is 5.47. The van der Waals surface area contributed by atoms with Crippen LogP contribution >= 0.6 is 0 Å². The number of rotatable bonds is 5. The molecule has 16 heavy (non-hydrogen) atoms. The zero-order valence-corrected chi connectivity index (χ0v) is 10.4. The van der Waals surface area contributed by atoms with Gasteiger partial charge in [0.05, 0.1) is 11.5 Å². The molecule has 0 spiro atoms. The molecular weight excluding hydrogens is 228 g/mol. The maximum Gasteiger partial charge on any atom is 0.220 e. The largest absolute Gasteiger partial charge is 0.352 e. The van der Waals surface area contributed by atoms with Gasteiger partial charge in [-0.25, -0.2) is 8.42 Å². The summed E-state index contributed by atoms with van der Waals surface area (Å²) in [6.07, 6.45) is 1.70. The Kier molecular flexibility index (Phi) is 4.73. The molecule has 1 saturated heterocycles. The molecule has 0 aromatic rings. The molecule has 0 bridgehead atoms. The van der Waals surface area contributed by atoms with E-state index in [0.717, 1.165) is 6.42 Å². The second-order valence-electron chi connectivity index (χ2n) is 4.38. The van der Waals surface area contributed by atoms with Crippen molar-refractivity contribution in [3.05, 3.63) is 0 Å². The third-order valence-electron chi connectivity index (χ3n) is 2.94. The molecule has 1 aliphatic heterocycles. The number of carbonyl (C=O) groups is 1. The van der Waals surface area contributed by atoms with Gasteiger partial charge in [0.25, 0.3) is 0 Å². The van der Waals surface area contributed by atoms with Crippen molar-refractivity contribution in [1.82, 2.24) is 5.32 Å². The van der Waals surface area contributed by atoms with Crippen molar-refractivity contribution in [2.75, 3.05) is 18.1 Å². The van der Waals surface area contributed by atoms with Crippen molar-refractivity contribution in [3.63, 3.8) is 0 Å². The van der Waals surface area contributed by atoms with Crippen LogP contribution in [0.25, 0.3) is 0 Å². The SMILES string of the molecule is CCC(CN)NC(=O)CC1CCS(=O)(=O)C1. The molecule has 6 heteroatoms. The van der Waals surface area contributed by atoms with E-state index in [1.165, 1.54) is 0 Å². The molecule has 2 unspecified atom stereocenters. The Hall–Kier alpha value is -0.620. The quantitative estimate of drug-likeness (QED) is 0.697. The van der Waals surface area contributed by atoms with E-state index in [0.29, 0.717) is 19.4 Å². The standard InChI is InChI=1S/C10H20N2O3S/c1-2-9(6-11)12-10(13)5-8-3-4-16(14,15)7-8/h8-9H,2-7,11H2,1H3,(H,12,13). The second kappa shape index (κ2) is 5.63. The molecule has 1 aliphatic rings. The van der Waals surface area contributed by atoms with Crippen LogP contribution in [0.1, 0.15) is 26.2 Å². The topological polar surface area (TPSA) is 89.3 Å². The van der Waals surface area contributed by atoms with E-state index in [4.69, 9.17) is 5.73 Å². The summed E-state index contributed by atoms with van der Waals surface area (Å²) in [4.78, 5) is 11.6. The average molecular weight is 248 g/mol. The summed E-state index contributed by atoms with van der Waals surface area (Å²) in [6.45, 7) is 2.38. The lowest BCUT2D eigenvalue weighted by Gasteiger charge is -2.15. The molecule has 1 amide bonds. The molecular formula is C10H20N2O3S. The highest BCUT2D eigenvalue weighted by Gasteiger charge is 2.29. The highest BCUT2D eigenvalue weighted by atomic mass is 32.2. The van der Waals surface area contributed by atoms with Crippen LogP contribution in [0.5, 0.6) is 0 Å². The summed E-state index contributed by atoms with van der Waals surface area (Å²) in [6, 6.07) is 0.00510. The van der Waals surface area contributed by atoms with E-state index in [1.54, 1.807) is 0 Å². The van der Waals surface area contributed by atoms with E-state index in [-0.39, 0.29) is 29.4 Å². The van der Waals surface area contributed by atoms with Crippen LogP contribution in [0.3, 0.4) is 0 Å². The third kappa shape index (κ3) is 4.09. The monoisotopic (exact) mass is 248 g/mol. The molecule has 94 valence electrons. The van der Waals surface area contributed by atoms with Gasteiger partial charge in [0.2, 0.25) is 5.91 Å². The molecule has 1 fully saturated rings. The van der Waals surface area contributed by atoms with Crippen molar-refractivity contribution in [2.45, 2.75) is 32.2 Å². The minimum atomic E-state index is -2.89. The van der Waals surface area contributed by atoms with Crippen molar-refractivity contribution in [1.29, 1.82) is 0 Å². The Morgan fingerprint density at radius 1 is 1.56 bits per heavy atom. The van der Waals surface area contributed by atoms with Crippen LogP contribution in [0.15, 0.2) is 0 Å². The molecule has 0 aromatic carbocycles. The van der Waals surface area contributed by atoms with E-state index in [9.17, 15) is 13.2 Å². The maximum absolute atomic E-state index is 11.6. The number of hydrogen-bond donors (Lipinski definition) is 2. The highest BCUT2D eigenvalue weighted by Crippen LogP contribution is 2.21. The lowest BCUT2D eigenvalue weighted by molar-refractivity contribution is -0.122. The Labute approximate surface area is 96.7 Å². The number of nitrogens with two attached hydrogens (primary N) is 1. The predicted octanol–water partition coefficient (Wildman–Crippen LogP) is -0.335. The van der Waals surface area contributed by atoms with E-state index in [2.05, 4.69) is 5.32 Å². The molecule has 0 radical (unpaired) electrons. The van der Waals surface area contributed by atoms with Gasteiger partial charge in [-0.05, 0) is 18.8 Å². The number of hydrogen-bond acceptors (Lipinski definition) is 4. The summed E-state index contributed by atoms with van der Waals surface area (Å²) >= 11 is 0. The molecule has 5 nitrogen and oxygen atoms in total. The van der Waals surface area contributed by atoms with Gasteiger partial charge in [0.15, 0.2) is 9.84 Å². The molecule has 0 saturated carbocycles. The van der Waals surface area contributed by atoms with Crippen LogP contribution in [-0.4, -0.2) is 38.4 Å². The van der Waals surface area contributed by atoms with Crippen LogP contribution < -0.4 is 11.1 Å². The normalized spacial score (nSPS) is 25.2. The minimum absolute atomic E-state index is 0.00510. The van der Waals surface area contributed by atoms with Crippen LogP contribution in [0.2, 0.25) is 0 Å². The van der Waals surface area contributed by atoms with Crippen LogP contribution in [0.4, 0.5) is 0 Å². The second-order valence-corrected chi connectivity index (χ2v) is 6.61. The average Bonchev–Trinajstić information content (AvgIpc) is 2.54. The van der Waals surface area contributed by atoms with E-state index < -0.39 is 9.84 Å². The zero-order chi connectivity index (χ0) is 12.2. The Morgan fingerprint density at radius 2 is 2.25 bits per heavy atom. The first-order valence-corrected chi connectivity index (χ1v) is 7.49. The van der Waals surface area contributed by atoms with Gasteiger partial charge >= 0.3 is 0 Å². The fraction of sp³-hybridized carbons (Fsp3) is 0.900. The summed E-state index contributed by atoms with van der Waals surface area (Å²) < 4.78 is 22.4. The number of carbonyl (C=O) groups excluding carboxylic acids is 1. The molecule has 2 atom stereocenters. The smallest absolute Gasteiger partial charge is 0.220 e. The predicted molar refractivity (Wildman–Crippen MR) is 62.7 cm³/mol. The van der Waals surface area contributed by atoms with Gasteiger partial charge in [-0.15, -0.1) is 0 Å². The molecule has 3 N–H and O–H groups in total. The van der Waals surface area contributed by atoms with Gasteiger partial charge in [-0.3, -0.25) is 4.79 Å². The third-order valence-corrected chi connectivity index (χ3v) is 4.78. The van der Waals surface area contributed by atoms with Crippen LogP contribution in [-0.2, 0) is 14.6 Å². The van der Waals surface area contributed by atoms with Gasteiger partial charge in [-0.1, -0.05) is 6.92 Å². The first kappa shape index (κ1) is 13.4. The van der Waals surface area contributed by atoms with Gasteiger partial charge in [0.1, 0.15) is 0 Å². The maximum atomic E-state index is 11.6. The van der Waals surface area contributed by atoms with E-state index >= 15 is 0 Å². The minimum Gasteiger partial charge on any atom is -0.352 e.